The summed E-state index contributed by atoms with van der Waals surface area (Å²) in [6.45, 7) is 4.93. The SMILES string of the molecule is COc1cc(-c2cccc(-c3cccc(NC(=O)c4cncc(N)n4)c3C)c2C)cc(F)c1CN1CC(C(=O)O)C1. The predicted molar refractivity (Wildman–Crippen MR) is 154 cm³/mol. The number of hydrogen-bond acceptors (Lipinski definition) is 7. The van der Waals surface area contributed by atoms with Crippen molar-refractivity contribution in [3.8, 4) is 28.0 Å². The summed E-state index contributed by atoms with van der Waals surface area (Å²) in [5, 5.41) is 12.0. The van der Waals surface area contributed by atoms with Gasteiger partial charge < -0.3 is 20.9 Å². The molecular weight excluding hydrogens is 525 g/mol. The third-order valence-electron chi connectivity index (χ3n) is 7.47. The van der Waals surface area contributed by atoms with Crippen LogP contribution in [0.25, 0.3) is 22.3 Å². The third-order valence-corrected chi connectivity index (χ3v) is 7.47. The molecule has 0 saturated carbocycles. The van der Waals surface area contributed by atoms with E-state index in [0.29, 0.717) is 35.7 Å². The Labute approximate surface area is 236 Å². The number of nitrogens with zero attached hydrogens (tertiary/aromatic N) is 3. The van der Waals surface area contributed by atoms with Gasteiger partial charge in [-0.15, -0.1) is 0 Å². The maximum absolute atomic E-state index is 15.4. The number of anilines is 2. The van der Waals surface area contributed by atoms with Gasteiger partial charge in [0.25, 0.3) is 5.91 Å². The molecule has 1 amide bonds. The first-order chi connectivity index (χ1) is 19.7. The zero-order valence-electron chi connectivity index (χ0n) is 22.9. The number of nitrogens with two attached hydrogens (primary N) is 1. The minimum absolute atomic E-state index is 0.114. The molecule has 0 atom stereocenters. The van der Waals surface area contributed by atoms with Crippen LogP contribution in [0.1, 0.15) is 27.2 Å². The van der Waals surface area contributed by atoms with Crippen LogP contribution in [0.2, 0.25) is 0 Å². The van der Waals surface area contributed by atoms with E-state index < -0.39 is 23.6 Å². The van der Waals surface area contributed by atoms with Crippen LogP contribution < -0.4 is 15.8 Å². The Morgan fingerprint density at radius 3 is 2.44 bits per heavy atom. The topological polar surface area (TPSA) is 131 Å². The first kappa shape index (κ1) is 27.7. The Morgan fingerprint density at radius 1 is 1.07 bits per heavy atom. The largest absolute Gasteiger partial charge is 0.496 e. The average Bonchev–Trinajstić information content (AvgIpc) is 2.92. The molecule has 0 unspecified atom stereocenters. The number of rotatable bonds is 8. The van der Waals surface area contributed by atoms with Gasteiger partial charge in [-0.2, -0.15) is 0 Å². The van der Waals surface area contributed by atoms with Gasteiger partial charge in [0.15, 0.2) is 0 Å². The van der Waals surface area contributed by atoms with Crippen molar-refractivity contribution < 1.29 is 23.8 Å². The lowest BCUT2D eigenvalue weighted by molar-refractivity contribution is -0.147. The summed E-state index contributed by atoms with van der Waals surface area (Å²) < 4.78 is 21.0. The van der Waals surface area contributed by atoms with Crippen molar-refractivity contribution in [1.82, 2.24) is 14.9 Å². The lowest BCUT2D eigenvalue weighted by Crippen LogP contribution is -2.49. The molecule has 5 rings (SSSR count). The van der Waals surface area contributed by atoms with Crippen LogP contribution >= 0.6 is 0 Å². The van der Waals surface area contributed by atoms with Crippen LogP contribution in [0.5, 0.6) is 5.75 Å². The molecule has 210 valence electrons. The number of nitrogen functional groups attached to an aromatic ring is 1. The number of aromatic nitrogens is 2. The minimum atomic E-state index is -0.835. The van der Waals surface area contributed by atoms with Crippen LogP contribution in [0.4, 0.5) is 15.9 Å². The predicted octanol–water partition coefficient (Wildman–Crippen LogP) is 4.93. The van der Waals surface area contributed by atoms with Gasteiger partial charge in [-0.3, -0.25) is 19.5 Å². The zero-order valence-corrected chi connectivity index (χ0v) is 22.9. The number of ether oxygens (including phenoxy) is 1. The molecule has 1 saturated heterocycles. The molecule has 3 aromatic carbocycles. The van der Waals surface area contributed by atoms with Crippen molar-refractivity contribution >= 4 is 23.4 Å². The Hall–Kier alpha value is -4.83. The van der Waals surface area contributed by atoms with E-state index >= 15 is 4.39 Å². The number of likely N-dealkylation sites (tertiary alicyclic amines) is 1. The maximum Gasteiger partial charge on any atom is 0.309 e. The molecule has 9 nitrogen and oxygen atoms in total. The molecule has 0 bridgehead atoms. The van der Waals surface area contributed by atoms with Gasteiger partial charge in [0.2, 0.25) is 0 Å². The summed E-state index contributed by atoms with van der Waals surface area (Å²) in [4.78, 5) is 33.8. The fraction of sp³-hybridized carbons (Fsp3) is 0.226. The number of carbonyl (C=O) groups is 2. The third kappa shape index (κ3) is 5.59. The molecule has 4 N–H and O–H groups in total. The number of methoxy groups -OCH3 is 1. The number of hydrogen-bond donors (Lipinski definition) is 3. The van der Waals surface area contributed by atoms with Crippen molar-refractivity contribution in [2.45, 2.75) is 20.4 Å². The van der Waals surface area contributed by atoms with Gasteiger partial charge in [-0.1, -0.05) is 30.3 Å². The van der Waals surface area contributed by atoms with Crippen molar-refractivity contribution in [3.05, 3.63) is 89.1 Å². The first-order valence-electron chi connectivity index (χ1n) is 13.1. The van der Waals surface area contributed by atoms with Crippen LogP contribution in [0.15, 0.2) is 60.9 Å². The molecule has 1 fully saturated rings. The summed E-state index contributed by atoms with van der Waals surface area (Å²) in [7, 11) is 1.50. The van der Waals surface area contributed by atoms with E-state index in [1.54, 1.807) is 0 Å². The van der Waals surface area contributed by atoms with E-state index in [2.05, 4.69) is 15.3 Å². The Balaban J connectivity index is 1.44. The second-order valence-electron chi connectivity index (χ2n) is 10.1. The van der Waals surface area contributed by atoms with Gasteiger partial charge in [-0.25, -0.2) is 9.37 Å². The molecule has 2 heterocycles. The van der Waals surface area contributed by atoms with E-state index in [1.165, 1.54) is 25.6 Å². The van der Waals surface area contributed by atoms with Crippen LogP contribution in [0.3, 0.4) is 0 Å². The second kappa shape index (κ2) is 11.3. The van der Waals surface area contributed by atoms with E-state index in [1.807, 2.05) is 61.2 Å². The molecule has 0 aliphatic carbocycles. The highest BCUT2D eigenvalue weighted by Crippen LogP contribution is 2.38. The average molecular weight is 556 g/mol. The van der Waals surface area contributed by atoms with Crippen molar-refractivity contribution in [2.75, 3.05) is 31.2 Å². The van der Waals surface area contributed by atoms with Crippen LogP contribution in [-0.4, -0.2) is 52.1 Å². The fourth-order valence-electron chi connectivity index (χ4n) is 5.16. The second-order valence-corrected chi connectivity index (χ2v) is 10.1. The van der Waals surface area contributed by atoms with Gasteiger partial charge in [0.05, 0.1) is 25.4 Å². The quantitative estimate of drug-likeness (QED) is 0.279. The molecule has 1 aliphatic heterocycles. The summed E-state index contributed by atoms with van der Waals surface area (Å²) in [6, 6.07) is 14.8. The van der Waals surface area contributed by atoms with Crippen molar-refractivity contribution in [2.24, 2.45) is 5.92 Å². The number of carboxylic acids is 1. The highest BCUT2D eigenvalue weighted by atomic mass is 19.1. The molecule has 41 heavy (non-hydrogen) atoms. The number of benzene rings is 3. The molecule has 1 aliphatic rings. The molecule has 4 aromatic rings. The molecule has 0 radical (unpaired) electrons. The smallest absolute Gasteiger partial charge is 0.309 e. The number of carboxylic acid groups (broad SMARTS) is 1. The number of halogens is 1. The van der Waals surface area contributed by atoms with Gasteiger partial charge in [-0.05, 0) is 65.4 Å². The number of carbonyl (C=O) groups excluding carboxylic acids is 1. The first-order valence-corrected chi connectivity index (χ1v) is 13.1. The summed E-state index contributed by atoms with van der Waals surface area (Å²) >= 11 is 0. The summed E-state index contributed by atoms with van der Waals surface area (Å²) in [6.07, 6.45) is 2.73. The summed E-state index contributed by atoms with van der Waals surface area (Å²) in [5.41, 5.74) is 11.9. The monoisotopic (exact) mass is 555 g/mol. The van der Waals surface area contributed by atoms with Gasteiger partial charge >= 0.3 is 5.97 Å². The Morgan fingerprint density at radius 2 is 1.76 bits per heavy atom. The zero-order chi connectivity index (χ0) is 29.3. The number of amides is 1. The fourth-order valence-corrected chi connectivity index (χ4v) is 5.16. The summed E-state index contributed by atoms with van der Waals surface area (Å²) in [5.74, 6) is -1.52. The van der Waals surface area contributed by atoms with E-state index in [0.717, 1.165) is 27.8 Å². The normalized spacial score (nSPS) is 13.5. The molecule has 0 spiro atoms. The Kier molecular flexibility index (Phi) is 7.67. The molecular formula is C31H30FN5O4. The number of nitrogens with one attached hydrogen (secondary N) is 1. The van der Waals surface area contributed by atoms with E-state index in [-0.39, 0.29) is 18.1 Å². The van der Waals surface area contributed by atoms with Gasteiger partial charge in [0.1, 0.15) is 23.1 Å². The van der Waals surface area contributed by atoms with Crippen LogP contribution in [-0.2, 0) is 11.3 Å². The number of aliphatic carboxylic acids is 1. The molecule has 10 heteroatoms. The molecule has 1 aromatic heterocycles. The highest BCUT2D eigenvalue weighted by molar-refractivity contribution is 6.03. The van der Waals surface area contributed by atoms with Crippen LogP contribution in [0, 0.1) is 25.6 Å². The van der Waals surface area contributed by atoms with E-state index in [9.17, 15) is 9.59 Å². The van der Waals surface area contributed by atoms with E-state index in [4.69, 9.17) is 15.6 Å². The maximum atomic E-state index is 15.4. The standard InChI is InChI=1S/C31H30FN5O4/c1-17-21(19-10-25(32)24(28(11-19)41-3)16-37-14-20(15-37)31(39)40)6-4-7-22(17)23-8-5-9-26(18(23)2)36-30(38)27-12-34-13-29(33)35-27/h4-13,20H,14-16H2,1-3H3,(H2,33,35)(H,36,38)(H,39,40). The van der Waals surface area contributed by atoms with Crippen molar-refractivity contribution in [3.63, 3.8) is 0 Å². The lowest BCUT2D eigenvalue weighted by Gasteiger charge is -2.36. The van der Waals surface area contributed by atoms with Crippen molar-refractivity contribution in [1.29, 1.82) is 0 Å². The van der Waals surface area contributed by atoms with Gasteiger partial charge in [0, 0.05) is 30.9 Å². The minimum Gasteiger partial charge on any atom is -0.496 e. The lowest BCUT2D eigenvalue weighted by atomic mass is 9.90. The highest BCUT2D eigenvalue weighted by Gasteiger charge is 2.33. The Bertz CT molecular complexity index is 1650.